The molecule has 0 amide bonds. The molecule has 3 aromatic rings. The Kier molecular flexibility index (Phi) is 4.81. The van der Waals surface area contributed by atoms with Crippen LogP contribution in [0.4, 0.5) is 11.4 Å². The van der Waals surface area contributed by atoms with E-state index in [4.69, 9.17) is 12.2 Å². The Morgan fingerprint density at radius 3 is 2.46 bits per heavy atom. The quantitative estimate of drug-likeness (QED) is 0.620. The van der Waals surface area contributed by atoms with Crippen molar-refractivity contribution in [3.05, 3.63) is 71.8 Å². The van der Waals surface area contributed by atoms with Gasteiger partial charge in [-0.15, -0.1) is 0 Å². The number of anilines is 2. The third-order valence-electron chi connectivity index (χ3n) is 4.38. The molecular formula is C21H22N2S. The second kappa shape index (κ2) is 7.02. The third-order valence-corrected chi connectivity index (χ3v) is 4.70. The summed E-state index contributed by atoms with van der Waals surface area (Å²) in [5.74, 6) is 0. The molecule has 0 bridgehead atoms. The van der Waals surface area contributed by atoms with Gasteiger partial charge in [-0.05, 0) is 67.7 Å². The predicted octanol–water partition coefficient (Wildman–Crippen LogP) is 5.68. The number of rotatable bonds is 3. The van der Waals surface area contributed by atoms with E-state index >= 15 is 0 Å². The van der Waals surface area contributed by atoms with Crippen molar-refractivity contribution in [2.24, 2.45) is 0 Å². The van der Waals surface area contributed by atoms with E-state index in [0.29, 0.717) is 0 Å². The number of nitrogens with zero attached hydrogens (tertiary/aromatic N) is 1. The van der Waals surface area contributed by atoms with Gasteiger partial charge in [0.2, 0.25) is 0 Å². The summed E-state index contributed by atoms with van der Waals surface area (Å²) in [5, 5.41) is 6.54. The lowest BCUT2D eigenvalue weighted by Crippen LogP contribution is -2.34. The fraction of sp³-hybridized carbons (Fsp3) is 0.190. The first-order chi connectivity index (χ1) is 11.6. The van der Waals surface area contributed by atoms with E-state index < -0.39 is 0 Å². The lowest BCUT2D eigenvalue weighted by molar-refractivity contribution is 1.07. The third kappa shape index (κ3) is 3.26. The van der Waals surface area contributed by atoms with Crippen LogP contribution in [0.3, 0.4) is 0 Å². The maximum Gasteiger partial charge on any atom is 0.177 e. The summed E-state index contributed by atoms with van der Waals surface area (Å²) in [6.45, 7) is 7.17. The molecule has 1 N–H and O–H groups in total. The van der Waals surface area contributed by atoms with Gasteiger partial charge in [0.15, 0.2) is 5.11 Å². The Morgan fingerprint density at radius 2 is 1.71 bits per heavy atom. The number of thiocarbonyl (C=S) groups is 1. The number of hydrogen-bond donors (Lipinski definition) is 1. The van der Waals surface area contributed by atoms with Crippen LogP contribution in [0.15, 0.2) is 60.7 Å². The largest absolute Gasteiger partial charge is 0.332 e. The standard InChI is InChI=1S/C21H22N2S/c1-4-23(20-11-7-9-17-8-5-6-10-19(17)20)21(24)22-18-13-12-15(2)16(3)14-18/h5-14H,4H2,1-3H3,(H,22,24). The highest BCUT2D eigenvalue weighted by Gasteiger charge is 2.13. The minimum Gasteiger partial charge on any atom is -0.332 e. The summed E-state index contributed by atoms with van der Waals surface area (Å²) in [6.07, 6.45) is 0. The van der Waals surface area contributed by atoms with Crippen LogP contribution >= 0.6 is 12.2 Å². The molecule has 3 aromatic carbocycles. The normalized spacial score (nSPS) is 10.6. The zero-order chi connectivity index (χ0) is 17.1. The van der Waals surface area contributed by atoms with E-state index in [-0.39, 0.29) is 0 Å². The first-order valence-electron chi connectivity index (χ1n) is 8.23. The van der Waals surface area contributed by atoms with Crippen LogP contribution in [-0.2, 0) is 0 Å². The molecule has 0 radical (unpaired) electrons. The SMILES string of the molecule is CCN(C(=S)Nc1ccc(C)c(C)c1)c1cccc2ccccc12. The molecule has 2 nitrogen and oxygen atoms in total. The Bertz CT molecular complexity index is 881. The fourth-order valence-electron chi connectivity index (χ4n) is 2.88. The molecule has 0 aliphatic heterocycles. The van der Waals surface area contributed by atoms with Crippen molar-refractivity contribution >= 4 is 39.5 Å². The molecular weight excluding hydrogens is 312 g/mol. The molecule has 0 atom stereocenters. The highest BCUT2D eigenvalue weighted by atomic mass is 32.1. The predicted molar refractivity (Wildman–Crippen MR) is 109 cm³/mol. The molecule has 0 unspecified atom stereocenters. The van der Waals surface area contributed by atoms with E-state index in [2.05, 4.69) is 91.7 Å². The smallest absolute Gasteiger partial charge is 0.177 e. The van der Waals surface area contributed by atoms with Crippen LogP contribution in [0.1, 0.15) is 18.1 Å². The first-order valence-corrected chi connectivity index (χ1v) is 8.64. The second-order valence-corrected chi connectivity index (χ2v) is 6.36. The summed E-state index contributed by atoms with van der Waals surface area (Å²) in [7, 11) is 0. The van der Waals surface area contributed by atoms with E-state index in [1.54, 1.807) is 0 Å². The summed E-state index contributed by atoms with van der Waals surface area (Å²) >= 11 is 5.69. The number of fused-ring (bicyclic) bond motifs is 1. The second-order valence-electron chi connectivity index (χ2n) is 5.97. The van der Waals surface area contributed by atoms with Crippen molar-refractivity contribution in [3.63, 3.8) is 0 Å². The van der Waals surface area contributed by atoms with Crippen LogP contribution in [0, 0.1) is 13.8 Å². The Morgan fingerprint density at radius 1 is 0.958 bits per heavy atom. The topological polar surface area (TPSA) is 15.3 Å². The van der Waals surface area contributed by atoms with Gasteiger partial charge in [0.1, 0.15) is 0 Å². The van der Waals surface area contributed by atoms with Crippen molar-refractivity contribution in [1.29, 1.82) is 0 Å². The van der Waals surface area contributed by atoms with Crippen LogP contribution in [-0.4, -0.2) is 11.7 Å². The minimum absolute atomic E-state index is 0.720. The monoisotopic (exact) mass is 334 g/mol. The molecule has 0 fully saturated rings. The van der Waals surface area contributed by atoms with Crippen molar-refractivity contribution < 1.29 is 0 Å². The van der Waals surface area contributed by atoms with Crippen LogP contribution in [0.5, 0.6) is 0 Å². The van der Waals surface area contributed by atoms with Crippen molar-refractivity contribution in [3.8, 4) is 0 Å². The number of nitrogens with one attached hydrogen (secondary N) is 1. The van der Waals surface area contributed by atoms with E-state index in [1.165, 1.54) is 21.9 Å². The van der Waals surface area contributed by atoms with Gasteiger partial charge in [0.05, 0.1) is 5.69 Å². The zero-order valence-electron chi connectivity index (χ0n) is 14.3. The van der Waals surface area contributed by atoms with Gasteiger partial charge in [0.25, 0.3) is 0 Å². The first kappa shape index (κ1) is 16.5. The lowest BCUT2D eigenvalue weighted by atomic mass is 10.1. The molecule has 3 heteroatoms. The average molecular weight is 334 g/mol. The van der Waals surface area contributed by atoms with Crippen LogP contribution in [0.25, 0.3) is 10.8 Å². The van der Waals surface area contributed by atoms with Gasteiger partial charge in [-0.25, -0.2) is 0 Å². The molecule has 0 heterocycles. The number of hydrogen-bond acceptors (Lipinski definition) is 1. The molecule has 0 aliphatic carbocycles. The van der Waals surface area contributed by atoms with Gasteiger partial charge < -0.3 is 10.2 Å². The average Bonchev–Trinajstić information content (AvgIpc) is 2.59. The summed E-state index contributed by atoms with van der Waals surface area (Å²) in [6, 6.07) is 21.1. The minimum atomic E-state index is 0.720. The Labute approximate surface area is 149 Å². The van der Waals surface area contributed by atoms with Crippen molar-refractivity contribution in [1.82, 2.24) is 0 Å². The van der Waals surface area contributed by atoms with Gasteiger partial charge in [-0.1, -0.05) is 42.5 Å². The fourth-order valence-corrected chi connectivity index (χ4v) is 3.22. The maximum atomic E-state index is 5.69. The molecule has 0 saturated carbocycles. The summed E-state index contributed by atoms with van der Waals surface area (Å²) in [5.41, 5.74) is 4.71. The van der Waals surface area contributed by atoms with Crippen molar-refractivity contribution in [2.75, 3.05) is 16.8 Å². The van der Waals surface area contributed by atoms with Gasteiger partial charge in [-0.3, -0.25) is 0 Å². The van der Waals surface area contributed by atoms with Crippen LogP contribution in [0.2, 0.25) is 0 Å². The Balaban J connectivity index is 1.92. The summed E-state index contributed by atoms with van der Waals surface area (Å²) < 4.78 is 0. The molecule has 0 saturated heterocycles. The maximum absolute atomic E-state index is 5.69. The lowest BCUT2D eigenvalue weighted by Gasteiger charge is -2.26. The molecule has 0 aromatic heterocycles. The van der Waals surface area contributed by atoms with E-state index in [9.17, 15) is 0 Å². The molecule has 0 spiro atoms. The van der Waals surface area contributed by atoms with E-state index in [0.717, 1.165) is 23.0 Å². The highest BCUT2D eigenvalue weighted by molar-refractivity contribution is 7.80. The zero-order valence-corrected chi connectivity index (χ0v) is 15.2. The van der Waals surface area contributed by atoms with Gasteiger partial charge in [0, 0.05) is 17.6 Å². The highest BCUT2D eigenvalue weighted by Crippen LogP contribution is 2.27. The van der Waals surface area contributed by atoms with Gasteiger partial charge >= 0.3 is 0 Å². The molecule has 122 valence electrons. The number of benzene rings is 3. The molecule has 0 aliphatic rings. The Hall–Kier alpha value is -2.39. The van der Waals surface area contributed by atoms with Crippen molar-refractivity contribution in [2.45, 2.75) is 20.8 Å². The number of aryl methyl sites for hydroxylation is 2. The summed E-state index contributed by atoms with van der Waals surface area (Å²) in [4.78, 5) is 2.15. The van der Waals surface area contributed by atoms with Crippen LogP contribution < -0.4 is 10.2 Å². The molecule has 3 rings (SSSR count). The van der Waals surface area contributed by atoms with E-state index in [1.807, 2.05) is 0 Å². The molecule has 24 heavy (non-hydrogen) atoms. The van der Waals surface area contributed by atoms with Gasteiger partial charge in [-0.2, -0.15) is 0 Å².